The summed E-state index contributed by atoms with van der Waals surface area (Å²) in [5.74, 6) is 0.118. The van der Waals surface area contributed by atoms with Crippen molar-refractivity contribution in [3.63, 3.8) is 0 Å². The average molecular weight is 212 g/mol. The van der Waals surface area contributed by atoms with Crippen LogP contribution in [0.2, 0.25) is 0 Å². The zero-order valence-electron chi connectivity index (χ0n) is 9.79. The molecular formula is C12H20O3. The second-order valence-electron chi connectivity index (χ2n) is 4.51. The Kier molecular flexibility index (Phi) is 4.30. The molecule has 1 saturated carbocycles. The lowest BCUT2D eigenvalue weighted by atomic mass is 9.72. The molecule has 0 saturated heterocycles. The molecule has 0 aromatic rings. The molecule has 1 fully saturated rings. The Morgan fingerprint density at radius 1 is 1.53 bits per heavy atom. The lowest BCUT2D eigenvalue weighted by Crippen LogP contribution is -2.36. The van der Waals surface area contributed by atoms with Crippen LogP contribution in [0.1, 0.15) is 39.5 Å². The second-order valence-corrected chi connectivity index (χ2v) is 4.51. The van der Waals surface area contributed by atoms with E-state index in [1.165, 1.54) is 7.11 Å². The van der Waals surface area contributed by atoms with Crippen molar-refractivity contribution < 1.29 is 14.3 Å². The van der Waals surface area contributed by atoms with Crippen LogP contribution in [0, 0.1) is 17.8 Å². The van der Waals surface area contributed by atoms with Gasteiger partial charge in [-0.25, -0.2) is 0 Å². The number of Topliss-reactive ketones (excluding diaryl/α,β-unsaturated/α-hetero) is 1. The standard InChI is InChI=1S/C12H20O3/c1-4-5-9-7-10(12(14)15-3)11(13)6-8(9)2/h8-10H,4-7H2,1-3H3. The van der Waals surface area contributed by atoms with Gasteiger partial charge in [-0.2, -0.15) is 0 Å². The molecule has 0 N–H and O–H groups in total. The maximum absolute atomic E-state index is 11.7. The first kappa shape index (κ1) is 12.2. The Morgan fingerprint density at radius 3 is 2.73 bits per heavy atom. The van der Waals surface area contributed by atoms with E-state index >= 15 is 0 Å². The van der Waals surface area contributed by atoms with E-state index in [2.05, 4.69) is 18.6 Å². The minimum atomic E-state index is -0.497. The van der Waals surface area contributed by atoms with Gasteiger partial charge in [0.2, 0.25) is 0 Å². The fraction of sp³-hybridized carbons (Fsp3) is 0.833. The van der Waals surface area contributed by atoms with Crippen LogP contribution < -0.4 is 0 Å². The van der Waals surface area contributed by atoms with E-state index < -0.39 is 5.92 Å². The molecule has 0 amide bonds. The summed E-state index contributed by atoms with van der Waals surface area (Å²) in [4.78, 5) is 23.0. The van der Waals surface area contributed by atoms with E-state index in [1.807, 2.05) is 0 Å². The lowest BCUT2D eigenvalue weighted by Gasteiger charge is -2.31. The molecule has 0 bridgehead atoms. The van der Waals surface area contributed by atoms with Gasteiger partial charge in [-0.1, -0.05) is 26.7 Å². The van der Waals surface area contributed by atoms with E-state index in [0.29, 0.717) is 24.7 Å². The van der Waals surface area contributed by atoms with Crippen LogP contribution in [-0.2, 0) is 14.3 Å². The summed E-state index contributed by atoms with van der Waals surface area (Å²) in [7, 11) is 1.35. The maximum Gasteiger partial charge on any atom is 0.316 e. The Bertz CT molecular complexity index is 247. The minimum absolute atomic E-state index is 0.0571. The van der Waals surface area contributed by atoms with Gasteiger partial charge in [-0.15, -0.1) is 0 Å². The molecule has 3 unspecified atom stereocenters. The first-order valence-electron chi connectivity index (χ1n) is 5.70. The molecule has 0 aliphatic heterocycles. The molecule has 15 heavy (non-hydrogen) atoms. The number of hydrogen-bond acceptors (Lipinski definition) is 3. The van der Waals surface area contributed by atoms with Gasteiger partial charge in [-0.05, 0) is 18.3 Å². The van der Waals surface area contributed by atoms with Crippen LogP contribution in [0.4, 0.5) is 0 Å². The van der Waals surface area contributed by atoms with Gasteiger partial charge in [0.25, 0.3) is 0 Å². The van der Waals surface area contributed by atoms with Crippen molar-refractivity contribution in [3.05, 3.63) is 0 Å². The molecule has 1 aliphatic rings. The predicted octanol–water partition coefficient (Wildman–Crippen LogP) is 2.19. The molecule has 3 heteroatoms. The average Bonchev–Trinajstić information content (AvgIpc) is 2.21. The normalized spacial score (nSPS) is 31.4. The minimum Gasteiger partial charge on any atom is -0.468 e. The highest BCUT2D eigenvalue weighted by molar-refractivity contribution is 5.99. The topological polar surface area (TPSA) is 43.4 Å². The van der Waals surface area contributed by atoms with Crippen LogP contribution in [0.25, 0.3) is 0 Å². The van der Waals surface area contributed by atoms with Crippen LogP contribution in [-0.4, -0.2) is 18.9 Å². The first-order valence-corrected chi connectivity index (χ1v) is 5.70. The highest BCUT2D eigenvalue weighted by atomic mass is 16.5. The molecule has 0 radical (unpaired) electrons. The van der Waals surface area contributed by atoms with Gasteiger partial charge in [0.1, 0.15) is 11.7 Å². The fourth-order valence-electron chi connectivity index (χ4n) is 2.44. The molecule has 0 aromatic carbocycles. The summed E-state index contributed by atoms with van der Waals surface area (Å²) in [6.07, 6.45) is 3.42. The summed E-state index contributed by atoms with van der Waals surface area (Å²) in [6, 6.07) is 0. The third kappa shape index (κ3) is 2.80. The largest absolute Gasteiger partial charge is 0.468 e. The summed E-state index contributed by atoms with van der Waals surface area (Å²) in [6.45, 7) is 4.24. The third-order valence-corrected chi connectivity index (χ3v) is 3.40. The number of carbonyl (C=O) groups is 2. The second kappa shape index (κ2) is 5.29. The van der Waals surface area contributed by atoms with Crippen LogP contribution in [0.5, 0.6) is 0 Å². The maximum atomic E-state index is 11.7. The third-order valence-electron chi connectivity index (χ3n) is 3.40. The molecule has 3 nitrogen and oxygen atoms in total. The van der Waals surface area contributed by atoms with Crippen LogP contribution >= 0.6 is 0 Å². The van der Waals surface area contributed by atoms with Gasteiger partial charge in [0, 0.05) is 6.42 Å². The van der Waals surface area contributed by atoms with Gasteiger partial charge in [-0.3, -0.25) is 9.59 Å². The SMILES string of the molecule is CCCC1CC(C(=O)OC)C(=O)CC1C. The van der Waals surface area contributed by atoms with E-state index in [-0.39, 0.29) is 11.8 Å². The number of methoxy groups -OCH3 is 1. The summed E-state index contributed by atoms with van der Waals surface area (Å²) in [5, 5.41) is 0. The van der Waals surface area contributed by atoms with Crippen molar-refractivity contribution in [2.75, 3.05) is 7.11 Å². The Labute approximate surface area is 91.2 Å². The molecule has 1 rings (SSSR count). The quantitative estimate of drug-likeness (QED) is 0.532. The monoisotopic (exact) mass is 212 g/mol. The molecule has 0 heterocycles. The van der Waals surface area contributed by atoms with E-state index in [0.717, 1.165) is 12.8 Å². The first-order chi connectivity index (χ1) is 7.10. The smallest absolute Gasteiger partial charge is 0.316 e. The molecule has 0 spiro atoms. The number of hydrogen-bond donors (Lipinski definition) is 0. The Morgan fingerprint density at radius 2 is 2.20 bits per heavy atom. The van der Waals surface area contributed by atoms with Crippen molar-refractivity contribution in [2.45, 2.75) is 39.5 Å². The number of ketones is 1. The zero-order valence-corrected chi connectivity index (χ0v) is 9.79. The number of ether oxygens (including phenoxy) is 1. The van der Waals surface area contributed by atoms with E-state index in [9.17, 15) is 9.59 Å². The Hall–Kier alpha value is -0.860. The highest BCUT2D eigenvalue weighted by Crippen LogP contribution is 2.34. The summed E-state index contributed by atoms with van der Waals surface area (Å²) < 4.78 is 4.66. The van der Waals surface area contributed by atoms with Crippen molar-refractivity contribution >= 4 is 11.8 Å². The summed E-state index contributed by atoms with van der Waals surface area (Å²) in [5.41, 5.74) is 0. The van der Waals surface area contributed by atoms with Gasteiger partial charge in [0.15, 0.2) is 0 Å². The summed E-state index contributed by atoms with van der Waals surface area (Å²) >= 11 is 0. The number of carbonyl (C=O) groups excluding carboxylic acids is 2. The predicted molar refractivity (Wildman–Crippen MR) is 57.3 cm³/mol. The van der Waals surface area contributed by atoms with Crippen LogP contribution in [0.3, 0.4) is 0 Å². The molecule has 3 atom stereocenters. The van der Waals surface area contributed by atoms with Crippen molar-refractivity contribution in [3.8, 4) is 0 Å². The lowest BCUT2D eigenvalue weighted by molar-refractivity contribution is -0.152. The van der Waals surface area contributed by atoms with Gasteiger partial charge in [0.05, 0.1) is 7.11 Å². The molecule has 86 valence electrons. The zero-order chi connectivity index (χ0) is 11.4. The highest BCUT2D eigenvalue weighted by Gasteiger charge is 2.37. The molecule has 0 aromatic heterocycles. The molecular weight excluding hydrogens is 192 g/mol. The number of esters is 1. The van der Waals surface area contributed by atoms with Crippen molar-refractivity contribution in [2.24, 2.45) is 17.8 Å². The Balaban J connectivity index is 2.66. The molecule has 1 aliphatic carbocycles. The van der Waals surface area contributed by atoms with Gasteiger partial charge >= 0.3 is 5.97 Å². The fourth-order valence-corrected chi connectivity index (χ4v) is 2.44. The van der Waals surface area contributed by atoms with Crippen LogP contribution in [0.15, 0.2) is 0 Å². The van der Waals surface area contributed by atoms with Crippen molar-refractivity contribution in [1.29, 1.82) is 0 Å². The van der Waals surface area contributed by atoms with E-state index in [1.54, 1.807) is 0 Å². The van der Waals surface area contributed by atoms with E-state index in [4.69, 9.17) is 0 Å². The van der Waals surface area contributed by atoms with Gasteiger partial charge < -0.3 is 4.74 Å². The van der Waals surface area contributed by atoms with Crippen molar-refractivity contribution in [1.82, 2.24) is 0 Å². The number of rotatable bonds is 3.